The number of ether oxygens (including phenoxy) is 1. The molecule has 1 N–H and O–H groups in total. The van der Waals surface area contributed by atoms with Crippen LogP contribution in [0, 0.1) is 17.2 Å². The predicted octanol–water partition coefficient (Wildman–Crippen LogP) is 1.81. The Kier molecular flexibility index (Phi) is 3.00. The molecule has 0 aromatic rings. The van der Waals surface area contributed by atoms with Crippen LogP contribution in [0.2, 0.25) is 0 Å². The van der Waals surface area contributed by atoms with E-state index in [1.54, 1.807) is 0 Å². The quantitative estimate of drug-likeness (QED) is 0.695. The topological polar surface area (TPSA) is 62.1 Å². The molecule has 1 aliphatic carbocycles. The first-order valence-corrected chi connectivity index (χ1v) is 4.81. The molecule has 1 aliphatic rings. The van der Waals surface area contributed by atoms with Crippen molar-refractivity contribution in [1.82, 2.24) is 5.32 Å². The summed E-state index contributed by atoms with van der Waals surface area (Å²) in [6.45, 7) is 5.44. The van der Waals surface area contributed by atoms with Crippen LogP contribution in [0.5, 0.6) is 0 Å². The molecule has 1 amide bonds. The Hall–Kier alpha value is -1.24. The minimum Gasteiger partial charge on any atom is -0.444 e. The Bertz CT molecular complexity index is 262. The summed E-state index contributed by atoms with van der Waals surface area (Å²) in [5, 5.41) is 11.4. The largest absolute Gasteiger partial charge is 0.444 e. The van der Waals surface area contributed by atoms with E-state index in [-0.39, 0.29) is 12.0 Å². The monoisotopic (exact) mass is 196 g/mol. The highest BCUT2D eigenvalue weighted by Crippen LogP contribution is 2.26. The van der Waals surface area contributed by atoms with Gasteiger partial charge < -0.3 is 10.1 Å². The number of rotatable bonds is 1. The highest BCUT2D eigenvalue weighted by Gasteiger charge is 2.33. The average Bonchev–Trinajstić information content (AvgIpc) is 1.96. The summed E-state index contributed by atoms with van der Waals surface area (Å²) in [7, 11) is 0. The average molecular weight is 196 g/mol. The van der Waals surface area contributed by atoms with Crippen molar-refractivity contribution in [2.75, 3.05) is 0 Å². The second kappa shape index (κ2) is 3.87. The third-order valence-electron chi connectivity index (χ3n) is 2.14. The van der Waals surface area contributed by atoms with Crippen molar-refractivity contribution < 1.29 is 9.53 Å². The zero-order valence-corrected chi connectivity index (χ0v) is 8.83. The van der Waals surface area contributed by atoms with E-state index in [2.05, 4.69) is 11.4 Å². The lowest BCUT2D eigenvalue weighted by molar-refractivity contribution is 0.0459. The van der Waals surface area contributed by atoms with Crippen LogP contribution in [-0.2, 0) is 4.74 Å². The molecule has 4 nitrogen and oxygen atoms in total. The van der Waals surface area contributed by atoms with Gasteiger partial charge >= 0.3 is 6.09 Å². The Morgan fingerprint density at radius 2 is 2.14 bits per heavy atom. The number of amides is 1. The summed E-state index contributed by atoms with van der Waals surface area (Å²) in [6, 6.07) is 2.13. The molecule has 0 saturated heterocycles. The van der Waals surface area contributed by atoms with E-state index in [1.165, 1.54) is 0 Å². The third-order valence-corrected chi connectivity index (χ3v) is 2.14. The number of alkyl carbamates (subject to hydrolysis) is 1. The van der Waals surface area contributed by atoms with Crippen molar-refractivity contribution in [1.29, 1.82) is 5.26 Å². The first kappa shape index (κ1) is 10.8. The number of nitriles is 1. The van der Waals surface area contributed by atoms with Gasteiger partial charge in [-0.25, -0.2) is 4.79 Å². The number of nitrogens with one attached hydrogen (secondary N) is 1. The normalized spacial score (nSPS) is 25.9. The van der Waals surface area contributed by atoms with Gasteiger partial charge in [0.25, 0.3) is 0 Å². The van der Waals surface area contributed by atoms with Gasteiger partial charge in [-0.15, -0.1) is 0 Å². The molecule has 1 saturated carbocycles. The maximum atomic E-state index is 11.3. The highest BCUT2D eigenvalue weighted by atomic mass is 16.6. The minimum absolute atomic E-state index is 0.0187. The van der Waals surface area contributed by atoms with Crippen molar-refractivity contribution in [3.63, 3.8) is 0 Å². The number of carbonyl (C=O) groups is 1. The fraction of sp³-hybridized carbons (Fsp3) is 0.800. The second-order valence-corrected chi connectivity index (χ2v) is 4.57. The molecule has 0 aromatic heterocycles. The molecule has 0 bridgehead atoms. The maximum absolute atomic E-state index is 11.3. The molecule has 4 heteroatoms. The van der Waals surface area contributed by atoms with Crippen LogP contribution in [0.4, 0.5) is 4.79 Å². The van der Waals surface area contributed by atoms with Crippen molar-refractivity contribution in [3.05, 3.63) is 0 Å². The van der Waals surface area contributed by atoms with Gasteiger partial charge in [0.2, 0.25) is 0 Å². The smallest absolute Gasteiger partial charge is 0.407 e. The van der Waals surface area contributed by atoms with E-state index in [0.717, 1.165) is 12.8 Å². The van der Waals surface area contributed by atoms with Gasteiger partial charge in [0.15, 0.2) is 0 Å². The Labute approximate surface area is 84.2 Å². The molecular formula is C10H16N2O2. The van der Waals surface area contributed by atoms with Crippen molar-refractivity contribution >= 4 is 6.09 Å². The van der Waals surface area contributed by atoms with Crippen LogP contribution in [0.3, 0.4) is 0 Å². The summed E-state index contributed by atoms with van der Waals surface area (Å²) in [6.07, 6.45) is 1.32. The first-order chi connectivity index (χ1) is 6.42. The molecule has 2 atom stereocenters. The maximum Gasteiger partial charge on any atom is 0.407 e. The van der Waals surface area contributed by atoms with Crippen molar-refractivity contribution in [2.45, 2.75) is 45.3 Å². The van der Waals surface area contributed by atoms with Crippen LogP contribution in [0.25, 0.3) is 0 Å². The summed E-state index contributed by atoms with van der Waals surface area (Å²) in [5.41, 5.74) is -0.476. The molecule has 1 fully saturated rings. The van der Waals surface area contributed by atoms with Gasteiger partial charge in [-0.1, -0.05) is 0 Å². The van der Waals surface area contributed by atoms with E-state index in [9.17, 15) is 4.79 Å². The predicted molar refractivity (Wildman–Crippen MR) is 51.5 cm³/mol. The lowest BCUT2D eigenvalue weighted by atomic mass is 9.81. The summed E-state index contributed by atoms with van der Waals surface area (Å²) >= 11 is 0. The molecule has 0 radical (unpaired) electrons. The standard InChI is InChI=1S/C10H16N2O2/c1-10(2,3)14-9(13)12-8-5-4-7(8)6-11/h7-8H,4-5H2,1-3H3,(H,12,13)/t7-,8-/m1/s1. The fourth-order valence-electron chi connectivity index (χ4n) is 1.29. The van der Waals surface area contributed by atoms with Crippen LogP contribution >= 0.6 is 0 Å². The summed E-state index contributed by atoms with van der Waals surface area (Å²) in [5.74, 6) is -0.0393. The van der Waals surface area contributed by atoms with Gasteiger partial charge in [-0.2, -0.15) is 5.26 Å². The first-order valence-electron chi connectivity index (χ1n) is 4.81. The van der Waals surface area contributed by atoms with Gasteiger partial charge in [-0.3, -0.25) is 0 Å². The second-order valence-electron chi connectivity index (χ2n) is 4.57. The van der Waals surface area contributed by atoms with Gasteiger partial charge in [0.1, 0.15) is 5.60 Å². The van der Waals surface area contributed by atoms with E-state index in [4.69, 9.17) is 10.00 Å². The Morgan fingerprint density at radius 3 is 2.50 bits per heavy atom. The summed E-state index contributed by atoms with van der Waals surface area (Å²) in [4.78, 5) is 11.3. The number of hydrogen-bond donors (Lipinski definition) is 1. The summed E-state index contributed by atoms with van der Waals surface area (Å²) < 4.78 is 5.08. The molecule has 0 spiro atoms. The van der Waals surface area contributed by atoms with E-state index < -0.39 is 11.7 Å². The minimum atomic E-state index is -0.476. The SMILES string of the molecule is CC(C)(C)OC(=O)N[C@@H]1CC[C@@H]1C#N. The van der Waals surface area contributed by atoms with Gasteiger partial charge in [0.05, 0.1) is 12.0 Å². The molecule has 1 rings (SSSR count). The lowest BCUT2D eigenvalue weighted by Gasteiger charge is -2.32. The van der Waals surface area contributed by atoms with Crippen molar-refractivity contribution in [3.8, 4) is 6.07 Å². The third kappa shape index (κ3) is 2.91. The van der Waals surface area contributed by atoms with Crippen molar-refractivity contribution in [2.24, 2.45) is 5.92 Å². The zero-order chi connectivity index (χ0) is 10.8. The molecule has 0 unspecified atom stereocenters. The molecular weight excluding hydrogens is 180 g/mol. The molecule has 0 aromatic carbocycles. The number of hydrogen-bond acceptors (Lipinski definition) is 3. The molecule has 78 valence electrons. The van der Waals surface area contributed by atoms with E-state index in [1.807, 2.05) is 20.8 Å². The fourth-order valence-corrected chi connectivity index (χ4v) is 1.29. The van der Waals surface area contributed by atoms with Crippen LogP contribution in [0.1, 0.15) is 33.6 Å². The zero-order valence-electron chi connectivity index (χ0n) is 8.83. The van der Waals surface area contributed by atoms with Gasteiger partial charge in [-0.05, 0) is 33.6 Å². The number of nitrogens with zero attached hydrogens (tertiary/aromatic N) is 1. The molecule has 0 aliphatic heterocycles. The van der Waals surface area contributed by atoms with Gasteiger partial charge in [0, 0.05) is 6.04 Å². The number of carbonyl (C=O) groups excluding carboxylic acids is 1. The highest BCUT2D eigenvalue weighted by molar-refractivity contribution is 5.68. The molecule has 0 heterocycles. The van der Waals surface area contributed by atoms with E-state index >= 15 is 0 Å². The lowest BCUT2D eigenvalue weighted by Crippen LogP contribution is -2.47. The van der Waals surface area contributed by atoms with Crippen LogP contribution < -0.4 is 5.32 Å². The van der Waals surface area contributed by atoms with E-state index in [0.29, 0.717) is 0 Å². The van der Waals surface area contributed by atoms with Crippen LogP contribution in [-0.4, -0.2) is 17.7 Å². The van der Waals surface area contributed by atoms with Crippen LogP contribution in [0.15, 0.2) is 0 Å². The molecule has 14 heavy (non-hydrogen) atoms. The Morgan fingerprint density at radius 1 is 1.50 bits per heavy atom. The Balaban J connectivity index is 2.32.